The van der Waals surface area contributed by atoms with Crippen molar-refractivity contribution in [3.8, 4) is 0 Å². The first-order valence-electron chi connectivity index (χ1n) is 10.5. The van der Waals surface area contributed by atoms with Crippen molar-refractivity contribution >= 4 is 22.9 Å². The SMILES string of the molecule is CNC1C(O)C(NC)N2OC3(O)C(OC(C)CC3(O)CNCc3ccc(Cl)s3)OC2C1O. The molecule has 3 fully saturated rings. The largest absolute Gasteiger partial charge is 0.388 e. The van der Waals surface area contributed by atoms with Crippen LogP contribution in [0.15, 0.2) is 12.1 Å². The van der Waals surface area contributed by atoms with E-state index < -0.39 is 54.4 Å². The van der Waals surface area contributed by atoms with Crippen LogP contribution in [0.25, 0.3) is 0 Å². The van der Waals surface area contributed by atoms with Crippen LogP contribution in [-0.2, 0) is 20.9 Å². The van der Waals surface area contributed by atoms with E-state index in [4.69, 9.17) is 25.9 Å². The number of ether oxygens (including phenoxy) is 2. The Morgan fingerprint density at radius 2 is 1.94 bits per heavy atom. The van der Waals surface area contributed by atoms with E-state index in [9.17, 15) is 20.4 Å². The van der Waals surface area contributed by atoms with Crippen molar-refractivity contribution in [2.75, 3.05) is 20.6 Å². The van der Waals surface area contributed by atoms with Gasteiger partial charge in [0.05, 0.1) is 16.5 Å². The van der Waals surface area contributed by atoms with E-state index >= 15 is 0 Å². The predicted molar refractivity (Wildman–Crippen MR) is 115 cm³/mol. The molecule has 0 amide bonds. The summed E-state index contributed by atoms with van der Waals surface area (Å²) in [6.45, 7) is 2.16. The van der Waals surface area contributed by atoms with Gasteiger partial charge in [-0.3, -0.25) is 4.84 Å². The van der Waals surface area contributed by atoms with E-state index in [0.717, 1.165) is 9.94 Å². The number of thiophene rings is 1. The average molecular weight is 495 g/mol. The van der Waals surface area contributed by atoms with E-state index in [0.29, 0.717) is 10.9 Å². The molecule has 0 spiro atoms. The van der Waals surface area contributed by atoms with Crippen molar-refractivity contribution in [3.63, 3.8) is 0 Å². The molecule has 1 aromatic heterocycles. The van der Waals surface area contributed by atoms with Crippen LogP contribution in [0.2, 0.25) is 4.34 Å². The van der Waals surface area contributed by atoms with Gasteiger partial charge in [0.1, 0.15) is 24.0 Å². The molecule has 0 radical (unpaired) electrons. The topological polar surface area (TPSA) is 148 Å². The summed E-state index contributed by atoms with van der Waals surface area (Å²) >= 11 is 7.39. The number of aliphatic hydroxyl groups is 4. The minimum atomic E-state index is -2.29. The predicted octanol–water partition coefficient (Wildman–Crippen LogP) is -1.50. The maximum Gasteiger partial charge on any atom is 0.267 e. The molecular formula is C19H31ClN4O7S. The van der Waals surface area contributed by atoms with Crippen molar-refractivity contribution in [2.24, 2.45) is 0 Å². The van der Waals surface area contributed by atoms with Crippen molar-refractivity contribution < 1.29 is 34.7 Å². The lowest BCUT2D eigenvalue weighted by atomic mass is 9.83. The highest BCUT2D eigenvalue weighted by atomic mass is 35.5. The third-order valence-electron chi connectivity index (χ3n) is 6.33. The highest BCUT2D eigenvalue weighted by molar-refractivity contribution is 7.16. The average Bonchev–Trinajstić information content (AvgIpc) is 3.14. The Hall–Kier alpha value is -0.450. The standard InChI is InChI=1S/C19H31ClN4O7S/c1-9-6-18(27,8-23-7-10-4-5-11(20)32-10)19(28)17(29-9)30-16-14(26)12(21-2)13(25)15(22-3)24(16)31-19/h4-5,9,12-17,21-23,25-28H,6-8H2,1-3H3. The molecule has 4 heterocycles. The first kappa shape index (κ1) is 24.7. The molecule has 3 aliphatic rings. The maximum atomic E-state index is 11.6. The summed E-state index contributed by atoms with van der Waals surface area (Å²) < 4.78 is 12.4. The summed E-state index contributed by atoms with van der Waals surface area (Å²) in [6, 6.07) is 2.95. The Bertz CT molecular complexity index is 807. The minimum absolute atomic E-state index is 0.0282. The van der Waals surface area contributed by atoms with Gasteiger partial charge in [0.2, 0.25) is 6.29 Å². The van der Waals surface area contributed by atoms with Gasteiger partial charge in [0, 0.05) is 24.4 Å². The number of rotatable bonds is 6. The molecule has 7 N–H and O–H groups in total. The lowest BCUT2D eigenvalue weighted by Gasteiger charge is -2.60. The maximum absolute atomic E-state index is 11.6. The number of nitrogens with one attached hydrogen (secondary N) is 3. The molecule has 0 aromatic carbocycles. The van der Waals surface area contributed by atoms with Gasteiger partial charge in [-0.15, -0.1) is 16.4 Å². The second-order valence-electron chi connectivity index (χ2n) is 8.53. The van der Waals surface area contributed by atoms with E-state index in [1.54, 1.807) is 27.1 Å². The van der Waals surface area contributed by atoms with Gasteiger partial charge < -0.3 is 45.9 Å². The van der Waals surface area contributed by atoms with Crippen LogP contribution in [0, 0.1) is 0 Å². The molecule has 182 valence electrons. The summed E-state index contributed by atoms with van der Waals surface area (Å²) in [5, 5.41) is 54.7. The number of likely N-dealkylation sites (N-methyl/N-ethyl adjacent to an activating group) is 2. The Morgan fingerprint density at radius 1 is 1.19 bits per heavy atom. The minimum Gasteiger partial charge on any atom is -0.388 e. The summed E-state index contributed by atoms with van der Waals surface area (Å²) in [4.78, 5) is 6.88. The first-order chi connectivity index (χ1) is 15.1. The molecule has 4 rings (SSSR count). The molecule has 3 saturated heterocycles. The number of aliphatic hydroxyl groups excluding tert-OH is 2. The van der Waals surface area contributed by atoms with E-state index in [1.165, 1.54) is 11.3 Å². The zero-order valence-corrected chi connectivity index (χ0v) is 19.6. The zero-order chi connectivity index (χ0) is 23.3. The Labute approximate surface area is 195 Å². The van der Waals surface area contributed by atoms with E-state index in [2.05, 4.69) is 16.0 Å². The number of nitrogens with zero attached hydrogens (tertiary/aromatic N) is 1. The summed E-state index contributed by atoms with van der Waals surface area (Å²) in [6.07, 6.45) is -5.95. The van der Waals surface area contributed by atoms with Gasteiger partial charge in [-0.05, 0) is 33.2 Å². The lowest BCUT2D eigenvalue weighted by Crippen LogP contribution is -2.82. The summed E-state index contributed by atoms with van der Waals surface area (Å²) in [5.74, 6) is -2.29. The van der Waals surface area contributed by atoms with E-state index in [1.807, 2.05) is 6.07 Å². The molecule has 0 aliphatic carbocycles. The third-order valence-corrected chi connectivity index (χ3v) is 7.56. The fourth-order valence-electron chi connectivity index (χ4n) is 4.69. The van der Waals surface area contributed by atoms with E-state index in [-0.39, 0.29) is 13.0 Å². The van der Waals surface area contributed by atoms with Crippen LogP contribution < -0.4 is 16.0 Å². The van der Waals surface area contributed by atoms with Gasteiger partial charge in [-0.2, -0.15) is 0 Å². The summed E-state index contributed by atoms with van der Waals surface area (Å²) in [5.41, 5.74) is -1.80. The fraction of sp³-hybridized carbons (Fsp3) is 0.789. The fourth-order valence-corrected chi connectivity index (χ4v) is 5.75. The zero-order valence-electron chi connectivity index (χ0n) is 18.1. The summed E-state index contributed by atoms with van der Waals surface area (Å²) in [7, 11) is 3.22. The quantitative estimate of drug-likeness (QED) is 0.248. The van der Waals surface area contributed by atoms with Crippen LogP contribution in [-0.4, -0.2) is 101 Å². The molecule has 0 saturated carbocycles. The Balaban J connectivity index is 1.57. The van der Waals surface area contributed by atoms with Gasteiger partial charge in [-0.1, -0.05) is 11.6 Å². The van der Waals surface area contributed by atoms with Crippen molar-refractivity contribution in [3.05, 3.63) is 21.3 Å². The van der Waals surface area contributed by atoms with Gasteiger partial charge in [0.25, 0.3) is 5.79 Å². The molecule has 32 heavy (non-hydrogen) atoms. The van der Waals surface area contributed by atoms with Crippen LogP contribution in [0.5, 0.6) is 0 Å². The number of hydrogen-bond donors (Lipinski definition) is 7. The molecule has 11 nitrogen and oxygen atoms in total. The lowest BCUT2D eigenvalue weighted by molar-refractivity contribution is -0.550. The second-order valence-corrected chi connectivity index (χ2v) is 10.3. The number of piperidine rings is 1. The van der Waals surface area contributed by atoms with Gasteiger partial charge in [0.15, 0.2) is 6.23 Å². The van der Waals surface area contributed by atoms with Crippen molar-refractivity contribution in [1.29, 1.82) is 0 Å². The van der Waals surface area contributed by atoms with Crippen LogP contribution in [0.1, 0.15) is 18.2 Å². The van der Waals surface area contributed by atoms with Crippen LogP contribution >= 0.6 is 22.9 Å². The van der Waals surface area contributed by atoms with Crippen molar-refractivity contribution in [2.45, 2.75) is 74.3 Å². The Morgan fingerprint density at radius 3 is 2.56 bits per heavy atom. The smallest absolute Gasteiger partial charge is 0.267 e. The van der Waals surface area contributed by atoms with Gasteiger partial charge in [-0.25, -0.2) is 0 Å². The molecule has 0 bridgehead atoms. The first-order valence-corrected chi connectivity index (χ1v) is 11.7. The molecule has 3 aliphatic heterocycles. The number of hydroxylamine groups is 2. The third kappa shape index (κ3) is 4.11. The number of fused-ring (bicyclic) bond motifs is 2. The monoisotopic (exact) mass is 494 g/mol. The normalized spacial score (nSPS) is 44.8. The number of hydrogen-bond acceptors (Lipinski definition) is 12. The molecule has 13 heteroatoms. The molecule has 9 unspecified atom stereocenters. The second kappa shape index (κ2) is 9.30. The highest BCUT2D eigenvalue weighted by Crippen LogP contribution is 2.45. The highest BCUT2D eigenvalue weighted by Gasteiger charge is 2.68. The van der Waals surface area contributed by atoms with Crippen molar-refractivity contribution in [1.82, 2.24) is 21.0 Å². The Kier molecular flexibility index (Phi) is 7.17. The number of halogens is 1. The van der Waals surface area contributed by atoms with Crippen LogP contribution in [0.4, 0.5) is 0 Å². The molecule has 1 aromatic rings. The van der Waals surface area contributed by atoms with Crippen LogP contribution in [0.3, 0.4) is 0 Å². The molecule has 9 atom stereocenters. The molecular weight excluding hydrogens is 464 g/mol. The van der Waals surface area contributed by atoms with Gasteiger partial charge >= 0.3 is 0 Å².